The summed E-state index contributed by atoms with van der Waals surface area (Å²) in [6.45, 7) is 11.6. The van der Waals surface area contributed by atoms with Gasteiger partial charge in [0.05, 0.1) is 12.1 Å². The van der Waals surface area contributed by atoms with Gasteiger partial charge in [0.15, 0.2) is 0 Å². The van der Waals surface area contributed by atoms with E-state index < -0.39 is 23.8 Å². The van der Waals surface area contributed by atoms with Crippen molar-refractivity contribution in [2.45, 2.75) is 84.9 Å². The van der Waals surface area contributed by atoms with Crippen LogP contribution in [0.2, 0.25) is 0 Å². The van der Waals surface area contributed by atoms with Gasteiger partial charge in [-0.3, -0.25) is 0 Å². The van der Waals surface area contributed by atoms with E-state index in [0.29, 0.717) is 18.8 Å². The first-order valence-electron chi connectivity index (χ1n) is 7.29. The van der Waals surface area contributed by atoms with E-state index in [4.69, 9.17) is 0 Å². The number of unbranched alkanes of at least 4 members (excludes halogenated alkanes) is 1. The van der Waals surface area contributed by atoms with Crippen LogP contribution in [0.25, 0.3) is 0 Å². The Labute approximate surface area is 117 Å². The maximum atomic E-state index is 11.5. The molecule has 2 atom stereocenters. The van der Waals surface area contributed by atoms with Crippen molar-refractivity contribution in [2.24, 2.45) is 5.92 Å². The minimum atomic E-state index is -1.20. The zero-order chi connectivity index (χ0) is 15.2. The van der Waals surface area contributed by atoms with Gasteiger partial charge in [0, 0.05) is 5.54 Å². The lowest BCUT2D eigenvalue weighted by molar-refractivity contribution is -0.276. The quantitative estimate of drug-likeness (QED) is 0.774. The molecule has 0 radical (unpaired) electrons. The average molecular weight is 272 g/mol. The number of aliphatic hydroxyl groups is 1. The Morgan fingerprint density at radius 1 is 1.32 bits per heavy atom. The highest BCUT2D eigenvalue weighted by molar-refractivity contribution is 5.64. The molecule has 1 amide bonds. The van der Waals surface area contributed by atoms with Gasteiger partial charge in [-0.05, 0) is 39.5 Å². The molecule has 0 aliphatic carbocycles. The molecule has 0 saturated heterocycles. The second kappa shape index (κ2) is 7.73. The summed E-state index contributed by atoms with van der Waals surface area (Å²) in [7, 11) is 0. The van der Waals surface area contributed by atoms with Crippen LogP contribution >= 0.6 is 0 Å². The molecule has 0 aromatic heterocycles. The van der Waals surface area contributed by atoms with Crippen molar-refractivity contribution < 1.29 is 15.0 Å². The van der Waals surface area contributed by atoms with Gasteiger partial charge in [0.2, 0.25) is 0 Å². The zero-order valence-corrected chi connectivity index (χ0v) is 13.3. The van der Waals surface area contributed by atoms with E-state index in [1.807, 2.05) is 34.6 Å². The van der Waals surface area contributed by atoms with Gasteiger partial charge >= 0.3 is 0 Å². The normalized spacial score (nSPS) is 15.4. The highest BCUT2D eigenvalue weighted by Crippen LogP contribution is 2.25. The molecule has 0 heterocycles. The van der Waals surface area contributed by atoms with Gasteiger partial charge in [0.25, 0.3) is 0 Å². The molecule has 19 heavy (non-hydrogen) atoms. The molecule has 114 valence electrons. The van der Waals surface area contributed by atoms with Gasteiger partial charge in [0.1, 0.15) is 6.09 Å². The molecule has 0 aliphatic rings. The van der Waals surface area contributed by atoms with Crippen LogP contribution in [0.4, 0.5) is 4.79 Å². The number of carbonyl (C=O) groups is 1. The molecular formula is C15H30NO3-. The molecule has 0 fully saturated rings. The van der Waals surface area contributed by atoms with Crippen molar-refractivity contribution in [1.29, 1.82) is 0 Å². The second-order valence-electron chi connectivity index (χ2n) is 6.71. The van der Waals surface area contributed by atoms with Crippen LogP contribution in [-0.4, -0.2) is 33.8 Å². The monoisotopic (exact) mass is 272 g/mol. The molecule has 0 spiro atoms. The van der Waals surface area contributed by atoms with E-state index in [1.54, 1.807) is 0 Å². The summed E-state index contributed by atoms with van der Waals surface area (Å²) in [5.41, 5.74) is -0.564. The van der Waals surface area contributed by atoms with Crippen LogP contribution in [0.3, 0.4) is 0 Å². The molecule has 0 rings (SSSR count). The Kier molecular flexibility index (Phi) is 7.42. The predicted octanol–water partition coefficient (Wildman–Crippen LogP) is 2.40. The van der Waals surface area contributed by atoms with Crippen molar-refractivity contribution in [3.8, 4) is 0 Å². The van der Waals surface area contributed by atoms with Crippen LogP contribution in [0.1, 0.15) is 67.2 Å². The lowest BCUT2D eigenvalue weighted by Gasteiger charge is -2.46. The Morgan fingerprint density at radius 3 is 2.16 bits per heavy atom. The van der Waals surface area contributed by atoms with E-state index in [9.17, 15) is 15.0 Å². The molecule has 1 N–H and O–H groups in total. The Morgan fingerprint density at radius 2 is 1.84 bits per heavy atom. The third kappa shape index (κ3) is 6.28. The maximum absolute atomic E-state index is 11.5. The predicted molar refractivity (Wildman–Crippen MR) is 75.8 cm³/mol. The molecule has 0 aromatic rings. The number of hydrogen-bond acceptors (Lipinski definition) is 3. The fourth-order valence-corrected chi connectivity index (χ4v) is 2.43. The number of rotatable bonds is 7. The number of carbonyl (C=O) groups excluding carboxylic acids is 1. The topological polar surface area (TPSA) is 63.6 Å². The fraction of sp³-hybridized carbons (Fsp3) is 0.933. The van der Waals surface area contributed by atoms with Gasteiger partial charge in [-0.15, -0.1) is 0 Å². The molecule has 0 aromatic carbocycles. The van der Waals surface area contributed by atoms with Crippen LogP contribution < -0.4 is 5.11 Å². The molecule has 2 unspecified atom stereocenters. The Hall–Kier alpha value is -0.770. The SMILES string of the molecule is CCCCC(O)C(CC(C)C)N(C(=O)[O-])C(C)(C)C. The fourth-order valence-electron chi connectivity index (χ4n) is 2.43. The van der Waals surface area contributed by atoms with Crippen molar-refractivity contribution in [3.05, 3.63) is 0 Å². The number of aliphatic hydroxyl groups excluding tert-OH is 1. The zero-order valence-electron chi connectivity index (χ0n) is 13.3. The molecule has 0 saturated carbocycles. The van der Waals surface area contributed by atoms with Crippen LogP contribution in [-0.2, 0) is 0 Å². The van der Waals surface area contributed by atoms with Crippen LogP contribution in [0.5, 0.6) is 0 Å². The van der Waals surface area contributed by atoms with Crippen molar-refractivity contribution >= 4 is 6.09 Å². The van der Waals surface area contributed by atoms with E-state index >= 15 is 0 Å². The first-order valence-corrected chi connectivity index (χ1v) is 7.29. The smallest absolute Gasteiger partial charge is 0.137 e. The lowest BCUT2D eigenvalue weighted by Crippen LogP contribution is -2.60. The number of nitrogens with zero attached hydrogens (tertiary/aromatic N) is 1. The van der Waals surface area contributed by atoms with Crippen LogP contribution in [0.15, 0.2) is 0 Å². The average Bonchev–Trinajstić information content (AvgIpc) is 2.21. The molecule has 4 heteroatoms. The summed E-state index contributed by atoms with van der Waals surface area (Å²) < 4.78 is 0. The van der Waals surface area contributed by atoms with E-state index in [-0.39, 0.29) is 0 Å². The summed E-state index contributed by atoms with van der Waals surface area (Å²) in [6.07, 6.45) is 1.35. The minimum absolute atomic E-state index is 0.325. The van der Waals surface area contributed by atoms with E-state index in [2.05, 4.69) is 6.92 Å². The lowest BCUT2D eigenvalue weighted by atomic mass is 9.91. The summed E-state index contributed by atoms with van der Waals surface area (Å²) in [4.78, 5) is 12.8. The van der Waals surface area contributed by atoms with Gasteiger partial charge in [-0.25, -0.2) is 0 Å². The highest BCUT2D eigenvalue weighted by Gasteiger charge is 2.33. The summed E-state index contributed by atoms with van der Waals surface area (Å²) in [5, 5.41) is 21.8. The number of hydrogen-bond donors (Lipinski definition) is 1. The number of amides is 1. The third-order valence-corrected chi connectivity index (χ3v) is 3.26. The second-order valence-corrected chi connectivity index (χ2v) is 6.71. The van der Waals surface area contributed by atoms with Gasteiger partial charge in [-0.2, -0.15) is 0 Å². The Balaban J connectivity index is 5.12. The largest absolute Gasteiger partial charge is 0.530 e. The molecule has 0 bridgehead atoms. The summed E-state index contributed by atoms with van der Waals surface area (Å²) >= 11 is 0. The molecule has 4 nitrogen and oxygen atoms in total. The minimum Gasteiger partial charge on any atom is -0.530 e. The van der Waals surface area contributed by atoms with E-state index in [0.717, 1.165) is 12.8 Å². The standard InChI is InChI=1S/C15H31NO3/c1-7-8-9-13(17)12(10-11(2)3)16(14(18)19)15(4,5)6/h11-13,17H,7-10H2,1-6H3,(H,18,19)/p-1. The first-order chi connectivity index (χ1) is 8.61. The van der Waals surface area contributed by atoms with Crippen molar-refractivity contribution in [2.75, 3.05) is 0 Å². The van der Waals surface area contributed by atoms with Crippen molar-refractivity contribution in [1.82, 2.24) is 4.90 Å². The number of carboxylic acid groups (broad SMARTS) is 1. The molecular weight excluding hydrogens is 242 g/mol. The maximum Gasteiger partial charge on any atom is 0.137 e. The Bertz CT molecular complexity index is 271. The molecule has 0 aliphatic heterocycles. The summed E-state index contributed by atoms with van der Waals surface area (Å²) in [6, 6.07) is -0.392. The first kappa shape index (κ1) is 18.2. The van der Waals surface area contributed by atoms with E-state index in [1.165, 1.54) is 4.90 Å². The third-order valence-electron chi connectivity index (χ3n) is 3.26. The van der Waals surface area contributed by atoms with Gasteiger partial charge in [-0.1, -0.05) is 33.6 Å². The van der Waals surface area contributed by atoms with Gasteiger partial charge < -0.3 is 19.9 Å². The highest BCUT2D eigenvalue weighted by atomic mass is 16.4. The van der Waals surface area contributed by atoms with Crippen molar-refractivity contribution in [3.63, 3.8) is 0 Å². The summed E-state index contributed by atoms with van der Waals surface area (Å²) in [5.74, 6) is 0.325. The van der Waals surface area contributed by atoms with Crippen LogP contribution in [0, 0.1) is 5.92 Å².